The molecule has 1 heterocycles. The molecule has 2 rings (SSSR count). The van der Waals surface area contributed by atoms with E-state index in [9.17, 15) is 24.0 Å². The van der Waals surface area contributed by atoms with Crippen LogP contribution < -0.4 is 10.1 Å². The van der Waals surface area contributed by atoms with Crippen molar-refractivity contribution in [2.45, 2.75) is 12.7 Å². The van der Waals surface area contributed by atoms with Gasteiger partial charge in [-0.1, -0.05) is 0 Å². The number of rotatable bonds is 7. The van der Waals surface area contributed by atoms with Gasteiger partial charge in [-0.05, 0) is 18.2 Å². The highest BCUT2D eigenvalue weighted by Crippen LogP contribution is 2.31. The molecular weight excluding hydrogens is 302 g/mol. The van der Waals surface area contributed by atoms with Gasteiger partial charge in [-0.25, -0.2) is 0 Å². The summed E-state index contributed by atoms with van der Waals surface area (Å²) in [7, 11) is 0. The summed E-state index contributed by atoms with van der Waals surface area (Å²) >= 11 is 0. The van der Waals surface area contributed by atoms with E-state index in [-0.39, 0.29) is 12.2 Å². The number of nitro groups is 1. The summed E-state index contributed by atoms with van der Waals surface area (Å²) in [6.45, 7) is -3.15. The fraction of sp³-hybridized carbons (Fsp3) is 0.231. The molecule has 7 nitrogen and oxygen atoms in total. The molecule has 1 atom stereocenters. The van der Waals surface area contributed by atoms with Crippen LogP contribution in [0.2, 0.25) is 0 Å². The molecular formula is C13H12F2N2O5. The Balaban J connectivity index is 2.09. The second kappa shape index (κ2) is 6.85. The molecule has 1 aromatic heterocycles. The second-order valence-electron chi connectivity index (χ2n) is 4.23. The number of hydrogen-bond acceptors (Lipinski definition) is 6. The molecule has 0 amide bonds. The molecule has 0 bridgehead atoms. The Bertz CT molecular complexity index is 633. The maximum Gasteiger partial charge on any atom is 0.387 e. The van der Waals surface area contributed by atoms with E-state index in [0.29, 0.717) is 5.76 Å². The summed E-state index contributed by atoms with van der Waals surface area (Å²) < 4.78 is 33.7. The van der Waals surface area contributed by atoms with E-state index in [1.807, 2.05) is 0 Å². The van der Waals surface area contributed by atoms with Crippen LogP contribution in [0.15, 0.2) is 41.0 Å². The van der Waals surface area contributed by atoms with Gasteiger partial charge in [0.05, 0.1) is 11.2 Å². The number of nitrogens with one attached hydrogen (secondary N) is 1. The first-order valence-electron chi connectivity index (χ1n) is 6.16. The van der Waals surface area contributed by atoms with Crippen molar-refractivity contribution < 1.29 is 28.0 Å². The fourth-order valence-corrected chi connectivity index (χ4v) is 1.76. The predicted molar refractivity (Wildman–Crippen MR) is 71.9 cm³/mol. The lowest BCUT2D eigenvalue weighted by Crippen LogP contribution is -2.12. The lowest BCUT2D eigenvalue weighted by atomic mass is 10.2. The molecule has 9 heteroatoms. The summed E-state index contributed by atoms with van der Waals surface area (Å²) in [5.74, 6) is -0.226. The number of nitro benzene ring substituents is 1. The molecule has 2 aromatic rings. The molecule has 0 saturated carbocycles. The predicted octanol–water partition coefficient (Wildman–Crippen LogP) is 2.93. The third-order valence-corrected chi connectivity index (χ3v) is 2.74. The number of ether oxygens (including phenoxy) is 1. The van der Waals surface area contributed by atoms with Gasteiger partial charge in [0.2, 0.25) is 5.75 Å². The van der Waals surface area contributed by atoms with Gasteiger partial charge in [-0.15, -0.1) is 0 Å². The van der Waals surface area contributed by atoms with Crippen molar-refractivity contribution in [2.75, 3.05) is 11.9 Å². The first kappa shape index (κ1) is 15.7. The lowest BCUT2D eigenvalue weighted by molar-refractivity contribution is -0.386. The van der Waals surface area contributed by atoms with Crippen LogP contribution in [-0.4, -0.2) is 23.2 Å². The Kier molecular flexibility index (Phi) is 4.89. The van der Waals surface area contributed by atoms with Crippen molar-refractivity contribution in [1.29, 1.82) is 0 Å². The van der Waals surface area contributed by atoms with Crippen LogP contribution in [0, 0.1) is 10.1 Å². The molecule has 2 N–H and O–H groups in total. The zero-order valence-electron chi connectivity index (χ0n) is 11.1. The maximum atomic E-state index is 12.3. The third-order valence-electron chi connectivity index (χ3n) is 2.74. The molecule has 22 heavy (non-hydrogen) atoms. The monoisotopic (exact) mass is 314 g/mol. The van der Waals surface area contributed by atoms with Crippen molar-refractivity contribution >= 4 is 11.4 Å². The Morgan fingerprint density at radius 2 is 2.18 bits per heavy atom. The van der Waals surface area contributed by atoms with Gasteiger partial charge in [0.1, 0.15) is 11.9 Å². The van der Waals surface area contributed by atoms with Crippen LogP contribution in [-0.2, 0) is 0 Å². The van der Waals surface area contributed by atoms with E-state index in [2.05, 4.69) is 10.1 Å². The molecule has 0 aliphatic carbocycles. The van der Waals surface area contributed by atoms with Gasteiger partial charge in [0.15, 0.2) is 0 Å². The van der Waals surface area contributed by atoms with Gasteiger partial charge in [-0.3, -0.25) is 10.1 Å². The van der Waals surface area contributed by atoms with Crippen LogP contribution in [0.25, 0.3) is 0 Å². The van der Waals surface area contributed by atoms with Crippen molar-refractivity contribution in [1.82, 2.24) is 0 Å². The summed E-state index contributed by atoms with van der Waals surface area (Å²) in [6, 6.07) is 6.62. The average Bonchev–Trinajstić information content (AvgIpc) is 2.98. The third kappa shape index (κ3) is 3.92. The first-order chi connectivity index (χ1) is 10.5. The van der Waals surface area contributed by atoms with Gasteiger partial charge < -0.3 is 19.6 Å². The Labute approximate surface area is 123 Å². The van der Waals surface area contributed by atoms with Gasteiger partial charge in [0, 0.05) is 24.4 Å². The van der Waals surface area contributed by atoms with E-state index in [1.54, 1.807) is 12.1 Å². The van der Waals surface area contributed by atoms with Gasteiger partial charge >= 0.3 is 12.3 Å². The lowest BCUT2D eigenvalue weighted by Gasteiger charge is -2.12. The fourth-order valence-electron chi connectivity index (χ4n) is 1.76. The molecule has 0 fully saturated rings. The number of alkyl halides is 2. The highest BCUT2D eigenvalue weighted by atomic mass is 19.3. The molecule has 0 saturated heterocycles. The Hall–Kier alpha value is -2.68. The van der Waals surface area contributed by atoms with E-state index in [1.165, 1.54) is 12.3 Å². The molecule has 0 spiro atoms. The Morgan fingerprint density at radius 3 is 2.77 bits per heavy atom. The van der Waals surface area contributed by atoms with E-state index in [4.69, 9.17) is 4.42 Å². The minimum Gasteiger partial charge on any atom is -0.467 e. The normalized spacial score (nSPS) is 12.2. The first-order valence-corrected chi connectivity index (χ1v) is 6.16. The number of aliphatic hydroxyl groups is 1. The van der Waals surface area contributed by atoms with Crippen LogP contribution in [0.4, 0.5) is 20.2 Å². The van der Waals surface area contributed by atoms with Crippen LogP contribution in [0.3, 0.4) is 0 Å². The summed E-state index contributed by atoms with van der Waals surface area (Å²) in [5.41, 5.74) is -0.288. The summed E-state index contributed by atoms with van der Waals surface area (Å²) in [6.07, 6.45) is 0.448. The number of benzene rings is 1. The van der Waals surface area contributed by atoms with Crippen LogP contribution in [0.1, 0.15) is 11.9 Å². The van der Waals surface area contributed by atoms with Crippen LogP contribution >= 0.6 is 0 Å². The number of halogens is 2. The highest BCUT2D eigenvalue weighted by molar-refractivity contribution is 5.58. The van der Waals surface area contributed by atoms with Crippen molar-refractivity contribution in [2.24, 2.45) is 0 Å². The number of anilines is 1. The zero-order chi connectivity index (χ0) is 16.1. The standard InChI is InChI=1S/C13H12F2N2O5/c14-13(15)22-12-6-8(3-4-9(12)17(19)20)16-7-10(18)11-2-1-5-21-11/h1-6,10,13,16,18H,7H2/t10-/m1/s1. The minimum atomic E-state index is -3.18. The summed E-state index contributed by atoms with van der Waals surface area (Å²) in [4.78, 5) is 9.92. The molecule has 0 radical (unpaired) electrons. The minimum absolute atomic E-state index is 0.0272. The van der Waals surface area contributed by atoms with Gasteiger partial charge in [0.25, 0.3) is 0 Å². The number of hydrogen-bond donors (Lipinski definition) is 2. The van der Waals surface area contributed by atoms with E-state index >= 15 is 0 Å². The van der Waals surface area contributed by atoms with E-state index < -0.39 is 29.1 Å². The molecule has 0 aliphatic heterocycles. The topological polar surface area (TPSA) is 97.8 Å². The Morgan fingerprint density at radius 1 is 1.41 bits per heavy atom. The smallest absolute Gasteiger partial charge is 0.387 e. The number of aliphatic hydroxyl groups excluding tert-OH is 1. The second-order valence-corrected chi connectivity index (χ2v) is 4.23. The van der Waals surface area contributed by atoms with Crippen LogP contribution in [0.5, 0.6) is 5.75 Å². The largest absolute Gasteiger partial charge is 0.467 e. The zero-order valence-corrected chi connectivity index (χ0v) is 11.1. The summed E-state index contributed by atoms with van der Waals surface area (Å²) in [5, 5.41) is 23.3. The van der Waals surface area contributed by atoms with E-state index in [0.717, 1.165) is 12.1 Å². The maximum absolute atomic E-state index is 12.3. The molecule has 118 valence electrons. The van der Waals surface area contributed by atoms with Crippen molar-refractivity contribution in [3.05, 3.63) is 52.5 Å². The molecule has 0 aliphatic rings. The SMILES string of the molecule is O=[N+]([O-])c1ccc(NC[C@@H](O)c2ccco2)cc1OC(F)F. The molecule has 1 aromatic carbocycles. The number of furan rings is 1. The van der Waals surface area contributed by atoms with Crippen molar-refractivity contribution in [3.8, 4) is 5.75 Å². The number of nitrogens with zero attached hydrogens (tertiary/aromatic N) is 1. The quantitative estimate of drug-likeness (QED) is 0.602. The molecule has 0 unspecified atom stereocenters. The van der Waals surface area contributed by atoms with Crippen molar-refractivity contribution in [3.63, 3.8) is 0 Å². The van der Waals surface area contributed by atoms with Gasteiger partial charge in [-0.2, -0.15) is 8.78 Å². The highest BCUT2D eigenvalue weighted by Gasteiger charge is 2.19. The average molecular weight is 314 g/mol.